The molecule has 1 saturated heterocycles. The van der Waals surface area contributed by atoms with Crippen molar-refractivity contribution in [1.29, 1.82) is 0 Å². The molecule has 0 bridgehead atoms. The molecule has 1 atom stereocenters. The number of H-pyrrole nitrogens is 1. The first kappa shape index (κ1) is 10.5. The van der Waals surface area contributed by atoms with E-state index in [1.165, 1.54) is 5.75 Å². The van der Waals surface area contributed by atoms with Crippen LogP contribution in [0.3, 0.4) is 0 Å². The third-order valence-corrected chi connectivity index (χ3v) is 4.10. The standard InChI is InChI=1S/C9H13N3O2S/c1-9(3-2-4-15-5-9)8-10-6(7(13)14)11-12-8/h2-5H2,1H3,(H,13,14)(H,10,11,12). The van der Waals surface area contributed by atoms with Crippen LogP contribution in [-0.2, 0) is 5.41 Å². The van der Waals surface area contributed by atoms with Gasteiger partial charge in [0.1, 0.15) is 5.82 Å². The van der Waals surface area contributed by atoms with E-state index in [1.54, 1.807) is 0 Å². The number of carboxylic acid groups (broad SMARTS) is 1. The van der Waals surface area contributed by atoms with Gasteiger partial charge in [-0.2, -0.15) is 11.8 Å². The maximum absolute atomic E-state index is 10.7. The molecule has 0 radical (unpaired) electrons. The van der Waals surface area contributed by atoms with Gasteiger partial charge in [0.15, 0.2) is 0 Å². The fourth-order valence-corrected chi connectivity index (χ4v) is 2.97. The van der Waals surface area contributed by atoms with Crippen molar-refractivity contribution in [2.24, 2.45) is 0 Å². The molecule has 15 heavy (non-hydrogen) atoms. The van der Waals surface area contributed by atoms with E-state index in [1.807, 2.05) is 11.8 Å². The van der Waals surface area contributed by atoms with Gasteiger partial charge >= 0.3 is 5.97 Å². The van der Waals surface area contributed by atoms with Crippen molar-refractivity contribution in [3.05, 3.63) is 11.6 Å². The van der Waals surface area contributed by atoms with Crippen LogP contribution in [0.25, 0.3) is 0 Å². The predicted octanol–water partition coefficient (Wildman–Crippen LogP) is 1.29. The lowest BCUT2D eigenvalue weighted by atomic mass is 9.86. The summed E-state index contributed by atoms with van der Waals surface area (Å²) in [6.45, 7) is 2.10. The summed E-state index contributed by atoms with van der Waals surface area (Å²) >= 11 is 1.88. The number of rotatable bonds is 2. The highest BCUT2D eigenvalue weighted by molar-refractivity contribution is 7.99. The molecule has 5 nitrogen and oxygen atoms in total. The molecule has 1 unspecified atom stereocenters. The number of aromatic carboxylic acids is 1. The maximum atomic E-state index is 10.7. The zero-order chi connectivity index (χ0) is 10.9. The molecule has 0 aromatic carbocycles. The second kappa shape index (κ2) is 3.84. The van der Waals surface area contributed by atoms with Crippen molar-refractivity contribution in [2.45, 2.75) is 25.2 Å². The molecule has 1 aliphatic heterocycles. The molecular weight excluding hydrogens is 214 g/mol. The fraction of sp³-hybridized carbons (Fsp3) is 0.667. The molecule has 0 amide bonds. The summed E-state index contributed by atoms with van der Waals surface area (Å²) in [4.78, 5) is 14.7. The highest BCUT2D eigenvalue weighted by Gasteiger charge is 2.33. The van der Waals surface area contributed by atoms with E-state index in [-0.39, 0.29) is 11.2 Å². The minimum absolute atomic E-state index is 0.0520. The van der Waals surface area contributed by atoms with Crippen LogP contribution in [0, 0.1) is 0 Å². The number of nitrogens with one attached hydrogen (secondary N) is 1. The Morgan fingerprint density at radius 1 is 1.67 bits per heavy atom. The van der Waals surface area contributed by atoms with Gasteiger partial charge in [0.2, 0.25) is 0 Å². The Morgan fingerprint density at radius 3 is 3.00 bits per heavy atom. The summed E-state index contributed by atoms with van der Waals surface area (Å²) in [5.74, 6) is 1.63. The molecule has 2 rings (SSSR count). The normalized spacial score (nSPS) is 26.5. The molecule has 0 saturated carbocycles. The number of aromatic nitrogens is 3. The van der Waals surface area contributed by atoms with E-state index in [9.17, 15) is 4.79 Å². The molecule has 1 aromatic rings. The van der Waals surface area contributed by atoms with Crippen LogP contribution in [0.4, 0.5) is 0 Å². The van der Waals surface area contributed by atoms with E-state index in [4.69, 9.17) is 5.11 Å². The summed E-state index contributed by atoms with van der Waals surface area (Å²) in [6.07, 6.45) is 2.18. The number of hydrogen-bond acceptors (Lipinski definition) is 4. The highest BCUT2D eigenvalue weighted by atomic mass is 32.2. The third kappa shape index (κ3) is 1.99. The molecular formula is C9H13N3O2S. The second-order valence-corrected chi connectivity index (χ2v) is 5.13. The number of carbonyl (C=O) groups is 1. The fourth-order valence-electron chi connectivity index (χ4n) is 1.75. The number of carboxylic acids is 1. The third-order valence-electron chi connectivity index (χ3n) is 2.69. The van der Waals surface area contributed by atoms with Crippen LogP contribution in [0.5, 0.6) is 0 Å². The van der Waals surface area contributed by atoms with Crippen molar-refractivity contribution in [2.75, 3.05) is 11.5 Å². The zero-order valence-electron chi connectivity index (χ0n) is 8.49. The molecule has 82 valence electrons. The van der Waals surface area contributed by atoms with Gasteiger partial charge in [0, 0.05) is 11.2 Å². The van der Waals surface area contributed by atoms with Crippen LogP contribution < -0.4 is 0 Å². The second-order valence-electron chi connectivity index (χ2n) is 4.03. The Kier molecular flexibility index (Phi) is 2.68. The van der Waals surface area contributed by atoms with Gasteiger partial charge in [-0.05, 0) is 18.6 Å². The lowest BCUT2D eigenvalue weighted by Gasteiger charge is -2.30. The van der Waals surface area contributed by atoms with E-state index in [0.717, 1.165) is 18.6 Å². The lowest BCUT2D eigenvalue weighted by molar-refractivity contribution is 0.0684. The monoisotopic (exact) mass is 227 g/mol. The number of aromatic amines is 1. The molecule has 0 aliphatic carbocycles. The Morgan fingerprint density at radius 2 is 2.47 bits per heavy atom. The van der Waals surface area contributed by atoms with Crippen LogP contribution in [0.15, 0.2) is 0 Å². The summed E-state index contributed by atoms with van der Waals surface area (Å²) in [5.41, 5.74) is -0.0520. The van der Waals surface area contributed by atoms with Gasteiger partial charge in [-0.3, -0.25) is 5.10 Å². The number of thioether (sulfide) groups is 1. The average molecular weight is 227 g/mol. The number of hydrogen-bond donors (Lipinski definition) is 2. The van der Waals surface area contributed by atoms with Crippen molar-refractivity contribution < 1.29 is 9.90 Å². The van der Waals surface area contributed by atoms with Crippen molar-refractivity contribution in [3.8, 4) is 0 Å². The van der Waals surface area contributed by atoms with Crippen LogP contribution >= 0.6 is 11.8 Å². The van der Waals surface area contributed by atoms with Gasteiger partial charge in [-0.1, -0.05) is 6.92 Å². The van der Waals surface area contributed by atoms with Gasteiger partial charge in [0.05, 0.1) is 0 Å². The first-order valence-electron chi connectivity index (χ1n) is 4.86. The Bertz CT molecular complexity index is 371. The summed E-state index contributed by atoms with van der Waals surface area (Å²) < 4.78 is 0. The molecule has 1 aliphatic rings. The molecule has 2 heterocycles. The molecule has 2 N–H and O–H groups in total. The van der Waals surface area contributed by atoms with E-state index >= 15 is 0 Å². The van der Waals surface area contributed by atoms with Gasteiger partial charge in [-0.25, -0.2) is 9.78 Å². The summed E-state index contributed by atoms with van der Waals surface area (Å²) in [7, 11) is 0. The van der Waals surface area contributed by atoms with Crippen LogP contribution in [-0.4, -0.2) is 37.8 Å². The lowest BCUT2D eigenvalue weighted by Crippen LogP contribution is -2.30. The predicted molar refractivity (Wildman–Crippen MR) is 57.3 cm³/mol. The quantitative estimate of drug-likeness (QED) is 0.795. The Balaban J connectivity index is 2.23. The van der Waals surface area contributed by atoms with Crippen molar-refractivity contribution >= 4 is 17.7 Å². The minimum Gasteiger partial charge on any atom is -0.475 e. The van der Waals surface area contributed by atoms with Gasteiger partial charge < -0.3 is 5.11 Å². The average Bonchev–Trinajstić information content (AvgIpc) is 2.68. The molecule has 1 fully saturated rings. The number of nitrogens with zero attached hydrogens (tertiary/aromatic N) is 2. The summed E-state index contributed by atoms with van der Waals surface area (Å²) in [5, 5.41) is 15.2. The largest absolute Gasteiger partial charge is 0.475 e. The van der Waals surface area contributed by atoms with Crippen molar-refractivity contribution in [3.63, 3.8) is 0 Å². The smallest absolute Gasteiger partial charge is 0.375 e. The Labute approximate surface area is 91.7 Å². The first-order chi connectivity index (χ1) is 7.12. The van der Waals surface area contributed by atoms with E-state index in [2.05, 4.69) is 22.1 Å². The topological polar surface area (TPSA) is 78.9 Å². The first-order valence-corrected chi connectivity index (χ1v) is 6.01. The highest BCUT2D eigenvalue weighted by Crippen LogP contribution is 2.35. The van der Waals surface area contributed by atoms with Gasteiger partial charge in [0.25, 0.3) is 5.82 Å². The molecule has 1 aromatic heterocycles. The maximum Gasteiger partial charge on any atom is 0.375 e. The van der Waals surface area contributed by atoms with Crippen molar-refractivity contribution in [1.82, 2.24) is 15.2 Å². The van der Waals surface area contributed by atoms with Crippen LogP contribution in [0.2, 0.25) is 0 Å². The Hall–Kier alpha value is -1.04. The zero-order valence-corrected chi connectivity index (χ0v) is 9.30. The summed E-state index contributed by atoms with van der Waals surface area (Å²) in [6, 6.07) is 0. The van der Waals surface area contributed by atoms with Crippen LogP contribution in [0.1, 0.15) is 36.2 Å². The van der Waals surface area contributed by atoms with E-state index in [0.29, 0.717) is 5.82 Å². The minimum atomic E-state index is -1.08. The molecule has 6 heteroatoms. The van der Waals surface area contributed by atoms with E-state index < -0.39 is 5.97 Å². The van der Waals surface area contributed by atoms with Gasteiger partial charge in [-0.15, -0.1) is 5.10 Å². The molecule has 0 spiro atoms. The SMILES string of the molecule is CC1(c2nc(C(=O)O)n[nH]2)CCCSC1.